The molecule has 3 N–H and O–H groups in total. The smallest absolute Gasteiger partial charge is 0.116 e. The summed E-state index contributed by atoms with van der Waals surface area (Å²) in [5.74, 6) is 0.750. The maximum atomic E-state index is 5.85. The van der Waals surface area contributed by atoms with Crippen molar-refractivity contribution in [1.29, 1.82) is 0 Å². The lowest BCUT2D eigenvalue weighted by Gasteiger charge is -2.20. The Labute approximate surface area is 105 Å². The summed E-state index contributed by atoms with van der Waals surface area (Å²) >= 11 is 3.40. The number of halogens is 1. The van der Waals surface area contributed by atoms with E-state index in [4.69, 9.17) is 5.73 Å². The normalized spacial score (nSPS) is 18.9. The van der Waals surface area contributed by atoms with Crippen LogP contribution in [0.3, 0.4) is 0 Å². The van der Waals surface area contributed by atoms with Gasteiger partial charge in [-0.1, -0.05) is 29.8 Å². The van der Waals surface area contributed by atoms with Crippen molar-refractivity contribution < 1.29 is 0 Å². The third kappa shape index (κ3) is 3.00. The number of nitrogens with one attached hydrogen (secondary N) is 1. The van der Waals surface area contributed by atoms with E-state index in [0.29, 0.717) is 6.04 Å². The van der Waals surface area contributed by atoms with E-state index in [1.54, 1.807) is 0 Å². The van der Waals surface area contributed by atoms with Crippen LogP contribution in [0.1, 0.15) is 20.8 Å². The largest absolute Gasteiger partial charge is 0.384 e. The third-order valence-electron chi connectivity index (χ3n) is 2.10. The first-order valence-electron chi connectivity index (χ1n) is 5.46. The summed E-state index contributed by atoms with van der Waals surface area (Å²) in [6, 6.07) is 8.30. The third-order valence-corrected chi connectivity index (χ3v) is 2.63. The first-order valence-corrected chi connectivity index (χ1v) is 6.25. The average molecular weight is 284 g/mol. The van der Waals surface area contributed by atoms with Crippen molar-refractivity contribution in [3.63, 3.8) is 0 Å². The highest BCUT2D eigenvalue weighted by molar-refractivity contribution is 9.10. The molecule has 0 aromatic heterocycles. The molecule has 4 heteroatoms. The maximum Gasteiger partial charge on any atom is 0.116 e. The molecule has 0 amide bonds. The van der Waals surface area contributed by atoms with Crippen molar-refractivity contribution in [2.45, 2.75) is 26.8 Å². The van der Waals surface area contributed by atoms with Gasteiger partial charge in [0.2, 0.25) is 0 Å². The SMILES string of the molecule is CC.CC1C=C(N)N(c2ccc(Br)cc2)N1. The van der Waals surface area contributed by atoms with Gasteiger partial charge in [-0.3, -0.25) is 5.01 Å². The van der Waals surface area contributed by atoms with Crippen LogP contribution in [0.2, 0.25) is 0 Å². The fraction of sp³-hybridized carbons (Fsp3) is 0.333. The van der Waals surface area contributed by atoms with Gasteiger partial charge >= 0.3 is 0 Å². The zero-order chi connectivity index (χ0) is 12.1. The second-order valence-corrected chi connectivity index (χ2v) is 4.24. The summed E-state index contributed by atoms with van der Waals surface area (Å²) in [5.41, 5.74) is 10.1. The van der Waals surface area contributed by atoms with Crippen molar-refractivity contribution in [2.24, 2.45) is 5.73 Å². The standard InChI is InChI=1S/C10H12BrN3.C2H6/c1-7-6-10(12)14(13-7)9-4-2-8(11)3-5-9;1-2/h2-7,13H,12H2,1H3;1-2H3. The topological polar surface area (TPSA) is 41.3 Å². The summed E-state index contributed by atoms with van der Waals surface area (Å²) in [6.45, 7) is 6.06. The van der Waals surface area contributed by atoms with E-state index in [1.807, 2.05) is 49.2 Å². The molecule has 16 heavy (non-hydrogen) atoms. The van der Waals surface area contributed by atoms with E-state index in [1.165, 1.54) is 0 Å². The molecule has 0 saturated heterocycles. The Hall–Kier alpha value is -1.00. The van der Waals surface area contributed by atoms with Gasteiger partial charge in [-0.15, -0.1) is 0 Å². The first-order chi connectivity index (χ1) is 7.66. The molecule has 1 aliphatic rings. The molecule has 1 aliphatic heterocycles. The highest BCUT2D eigenvalue weighted by Crippen LogP contribution is 2.21. The molecule has 0 saturated carbocycles. The number of hydrazine groups is 1. The summed E-state index contributed by atoms with van der Waals surface area (Å²) in [4.78, 5) is 0. The van der Waals surface area contributed by atoms with Crippen LogP contribution in [0.15, 0.2) is 40.6 Å². The van der Waals surface area contributed by atoms with Crippen LogP contribution in [-0.4, -0.2) is 6.04 Å². The van der Waals surface area contributed by atoms with Crippen molar-refractivity contribution in [1.82, 2.24) is 5.43 Å². The van der Waals surface area contributed by atoms with E-state index in [0.717, 1.165) is 16.0 Å². The molecule has 1 unspecified atom stereocenters. The van der Waals surface area contributed by atoms with Gasteiger partial charge in [0.05, 0.1) is 5.69 Å². The molecule has 1 aromatic carbocycles. The van der Waals surface area contributed by atoms with Crippen molar-refractivity contribution >= 4 is 21.6 Å². The predicted molar refractivity (Wildman–Crippen MR) is 72.8 cm³/mol. The number of anilines is 1. The zero-order valence-electron chi connectivity index (χ0n) is 9.87. The average Bonchev–Trinajstić information content (AvgIpc) is 2.62. The van der Waals surface area contributed by atoms with Crippen LogP contribution < -0.4 is 16.2 Å². The molecule has 1 atom stereocenters. The number of hydrogen-bond donors (Lipinski definition) is 2. The van der Waals surface area contributed by atoms with E-state index in [2.05, 4.69) is 28.3 Å². The van der Waals surface area contributed by atoms with E-state index in [-0.39, 0.29) is 0 Å². The minimum absolute atomic E-state index is 0.290. The van der Waals surface area contributed by atoms with Gasteiger partial charge in [0.15, 0.2) is 0 Å². The van der Waals surface area contributed by atoms with Crippen LogP contribution in [0.4, 0.5) is 5.69 Å². The van der Waals surface area contributed by atoms with Crippen LogP contribution in [0.5, 0.6) is 0 Å². The Kier molecular flexibility index (Phi) is 4.83. The summed E-state index contributed by atoms with van der Waals surface area (Å²) in [6.07, 6.45) is 1.99. The molecular formula is C12H18BrN3. The molecule has 0 fully saturated rings. The van der Waals surface area contributed by atoms with Gasteiger partial charge in [-0.05, 0) is 37.3 Å². The minimum Gasteiger partial charge on any atom is -0.384 e. The minimum atomic E-state index is 0.290. The zero-order valence-corrected chi connectivity index (χ0v) is 11.5. The van der Waals surface area contributed by atoms with Gasteiger partial charge < -0.3 is 5.73 Å². The molecule has 1 aromatic rings. The Balaban J connectivity index is 0.000000606. The lowest BCUT2D eigenvalue weighted by molar-refractivity contribution is 0.673. The number of benzene rings is 1. The van der Waals surface area contributed by atoms with Crippen molar-refractivity contribution in [3.05, 3.63) is 40.6 Å². The Bertz CT molecular complexity index is 359. The lowest BCUT2D eigenvalue weighted by atomic mass is 10.3. The molecule has 0 aliphatic carbocycles. The van der Waals surface area contributed by atoms with Gasteiger partial charge in [0.25, 0.3) is 0 Å². The quantitative estimate of drug-likeness (QED) is 0.833. The second kappa shape index (κ2) is 5.92. The van der Waals surface area contributed by atoms with E-state index in [9.17, 15) is 0 Å². The summed E-state index contributed by atoms with van der Waals surface area (Å²) in [7, 11) is 0. The predicted octanol–water partition coefficient (Wildman–Crippen LogP) is 2.99. The number of nitrogens with two attached hydrogens (primary N) is 1. The molecule has 2 rings (SSSR count). The Morgan fingerprint density at radius 2 is 1.81 bits per heavy atom. The fourth-order valence-corrected chi connectivity index (χ4v) is 1.72. The van der Waals surface area contributed by atoms with Crippen LogP contribution in [-0.2, 0) is 0 Å². The molecule has 88 valence electrons. The van der Waals surface area contributed by atoms with Crippen LogP contribution in [0.25, 0.3) is 0 Å². The number of hydrogen-bond acceptors (Lipinski definition) is 3. The van der Waals surface area contributed by atoms with E-state index < -0.39 is 0 Å². The monoisotopic (exact) mass is 283 g/mol. The van der Waals surface area contributed by atoms with Crippen LogP contribution in [0, 0.1) is 0 Å². The molecular weight excluding hydrogens is 266 g/mol. The molecule has 0 radical (unpaired) electrons. The molecule has 0 bridgehead atoms. The number of rotatable bonds is 1. The molecule has 3 nitrogen and oxygen atoms in total. The van der Waals surface area contributed by atoms with Crippen molar-refractivity contribution in [2.75, 3.05) is 5.01 Å². The molecule has 1 heterocycles. The van der Waals surface area contributed by atoms with Gasteiger partial charge in [0, 0.05) is 10.5 Å². The van der Waals surface area contributed by atoms with E-state index >= 15 is 0 Å². The summed E-state index contributed by atoms with van der Waals surface area (Å²) in [5, 5.41) is 1.89. The lowest BCUT2D eigenvalue weighted by Crippen LogP contribution is -2.37. The number of nitrogens with zero attached hydrogens (tertiary/aromatic N) is 1. The van der Waals surface area contributed by atoms with Crippen molar-refractivity contribution in [3.8, 4) is 0 Å². The van der Waals surface area contributed by atoms with Gasteiger partial charge in [-0.2, -0.15) is 0 Å². The Morgan fingerprint density at radius 3 is 2.25 bits per heavy atom. The van der Waals surface area contributed by atoms with Gasteiger partial charge in [0.1, 0.15) is 5.82 Å². The first kappa shape index (κ1) is 13.1. The highest BCUT2D eigenvalue weighted by Gasteiger charge is 2.18. The highest BCUT2D eigenvalue weighted by atomic mass is 79.9. The fourth-order valence-electron chi connectivity index (χ4n) is 1.46. The van der Waals surface area contributed by atoms with Crippen LogP contribution >= 0.6 is 15.9 Å². The summed E-state index contributed by atoms with van der Waals surface area (Å²) < 4.78 is 1.07. The van der Waals surface area contributed by atoms with Gasteiger partial charge in [-0.25, -0.2) is 5.43 Å². The molecule has 0 spiro atoms. The Morgan fingerprint density at radius 1 is 1.25 bits per heavy atom. The second-order valence-electron chi connectivity index (χ2n) is 3.32. The maximum absolute atomic E-state index is 5.85.